The lowest BCUT2D eigenvalue weighted by atomic mass is 9.81. The van der Waals surface area contributed by atoms with Crippen molar-refractivity contribution in [3.05, 3.63) is 0 Å². The van der Waals surface area contributed by atoms with Gasteiger partial charge >= 0.3 is 0 Å². The molecule has 2 heterocycles. The van der Waals surface area contributed by atoms with E-state index < -0.39 is 10.0 Å². The standard InChI is InChI=1S/C16H25N3O5S/c1-25(23,24)18-8-6-11(7-9-18)17-14(20)10-19-15(21)12-4-2-3-5-13(12)16(19)22/h11-13H,2-10H2,1H3,(H,17,20)/t12-,13+. The van der Waals surface area contributed by atoms with Crippen LogP contribution in [0, 0.1) is 11.8 Å². The quantitative estimate of drug-likeness (QED) is 0.684. The number of piperidine rings is 1. The lowest BCUT2D eigenvalue weighted by molar-refractivity contribution is -0.143. The molecule has 9 heteroatoms. The molecule has 25 heavy (non-hydrogen) atoms. The van der Waals surface area contributed by atoms with Gasteiger partial charge in [-0.25, -0.2) is 12.7 Å². The third-order valence-corrected chi connectivity index (χ3v) is 6.83. The Balaban J connectivity index is 1.52. The second kappa shape index (κ2) is 7.03. The first kappa shape index (κ1) is 18.3. The van der Waals surface area contributed by atoms with Crippen molar-refractivity contribution < 1.29 is 22.8 Å². The van der Waals surface area contributed by atoms with Crippen molar-refractivity contribution in [2.45, 2.75) is 44.6 Å². The number of rotatable bonds is 4. The molecule has 3 rings (SSSR count). The summed E-state index contributed by atoms with van der Waals surface area (Å²) < 4.78 is 24.4. The minimum Gasteiger partial charge on any atom is -0.352 e. The van der Waals surface area contributed by atoms with Crippen LogP contribution >= 0.6 is 0 Å². The largest absolute Gasteiger partial charge is 0.352 e. The zero-order valence-corrected chi connectivity index (χ0v) is 15.3. The molecule has 0 spiro atoms. The molecule has 0 bridgehead atoms. The summed E-state index contributed by atoms with van der Waals surface area (Å²) in [6.07, 6.45) is 5.63. The van der Waals surface area contributed by atoms with Crippen LogP contribution in [0.4, 0.5) is 0 Å². The average Bonchev–Trinajstić information content (AvgIpc) is 2.80. The lowest BCUT2D eigenvalue weighted by Crippen LogP contribution is -2.49. The predicted molar refractivity (Wildman–Crippen MR) is 89.7 cm³/mol. The van der Waals surface area contributed by atoms with Gasteiger partial charge in [-0.2, -0.15) is 0 Å². The molecule has 1 aliphatic carbocycles. The van der Waals surface area contributed by atoms with Crippen LogP contribution < -0.4 is 5.32 Å². The molecule has 3 aliphatic rings. The molecule has 140 valence electrons. The highest BCUT2D eigenvalue weighted by atomic mass is 32.2. The molecule has 3 amide bonds. The summed E-state index contributed by atoms with van der Waals surface area (Å²) in [6, 6.07) is -0.124. The number of amides is 3. The van der Waals surface area contributed by atoms with Crippen LogP contribution in [0.3, 0.4) is 0 Å². The Morgan fingerprint density at radius 3 is 2.04 bits per heavy atom. The summed E-state index contributed by atoms with van der Waals surface area (Å²) in [5, 5.41) is 2.83. The molecule has 8 nitrogen and oxygen atoms in total. The minimum absolute atomic E-state index is 0.124. The van der Waals surface area contributed by atoms with Crippen molar-refractivity contribution in [3.63, 3.8) is 0 Å². The number of carbonyl (C=O) groups excluding carboxylic acids is 3. The topological polar surface area (TPSA) is 104 Å². The number of imide groups is 1. The zero-order chi connectivity index (χ0) is 18.2. The number of hydrogen-bond donors (Lipinski definition) is 1. The van der Waals surface area contributed by atoms with E-state index >= 15 is 0 Å². The van der Waals surface area contributed by atoms with Crippen LogP contribution in [-0.4, -0.2) is 67.3 Å². The van der Waals surface area contributed by atoms with Crippen molar-refractivity contribution in [1.29, 1.82) is 0 Å². The molecular formula is C16H25N3O5S. The van der Waals surface area contributed by atoms with E-state index in [0.717, 1.165) is 30.6 Å². The first-order chi connectivity index (χ1) is 11.8. The van der Waals surface area contributed by atoms with Gasteiger partial charge in [0, 0.05) is 19.1 Å². The molecule has 2 aliphatic heterocycles. The number of fused-ring (bicyclic) bond motifs is 1. The number of nitrogens with zero attached hydrogens (tertiary/aromatic N) is 2. The number of sulfonamides is 1. The summed E-state index contributed by atoms with van der Waals surface area (Å²) in [7, 11) is -3.20. The summed E-state index contributed by atoms with van der Waals surface area (Å²) in [5.41, 5.74) is 0. The molecule has 2 atom stereocenters. The van der Waals surface area contributed by atoms with Gasteiger partial charge in [0.15, 0.2) is 0 Å². The van der Waals surface area contributed by atoms with E-state index in [1.54, 1.807) is 0 Å². The van der Waals surface area contributed by atoms with Crippen LogP contribution in [0.25, 0.3) is 0 Å². The third-order valence-electron chi connectivity index (χ3n) is 5.52. The van der Waals surface area contributed by atoms with E-state index in [1.807, 2.05) is 0 Å². The van der Waals surface area contributed by atoms with Crippen molar-refractivity contribution >= 4 is 27.7 Å². The van der Waals surface area contributed by atoms with Gasteiger partial charge in [0.25, 0.3) is 0 Å². The van der Waals surface area contributed by atoms with E-state index in [1.165, 1.54) is 10.6 Å². The van der Waals surface area contributed by atoms with Crippen LogP contribution in [0.1, 0.15) is 38.5 Å². The summed E-state index contributed by atoms with van der Waals surface area (Å²) >= 11 is 0. The number of carbonyl (C=O) groups is 3. The van der Waals surface area contributed by atoms with Gasteiger partial charge in [0.05, 0.1) is 18.1 Å². The molecule has 0 aromatic carbocycles. The van der Waals surface area contributed by atoms with Gasteiger partial charge in [-0.1, -0.05) is 12.8 Å². The zero-order valence-electron chi connectivity index (χ0n) is 14.4. The molecule has 1 saturated carbocycles. The van der Waals surface area contributed by atoms with Crippen LogP contribution in [-0.2, 0) is 24.4 Å². The second-order valence-electron chi connectivity index (χ2n) is 7.26. The smallest absolute Gasteiger partial charge is 0.240 e. The molecular weight excluding hydrogens is 346 g/mol. The molecule has 0 aromatic heterocycles. The average molecular weight is 371 g/mol. The van der Waals surface area contributed by atoms with Crippen molar-refractivity contribution in [2.75, 3.05) is 25.9 Å². The van der Waals surface area contributed by atoms with Gasteiger partial charge in [0.2, 0.25) is 27.7 Å². The summed E-state index contributed by atoms with van der Waals surface area (Å²) in [4.78, 5) is 38.1. The maximum atomic E-state index is 12.4. The van der Waals surface area contributed by atoms with Gasteiger partial charge in [-0.15, -0.1) is 0 Å². The fourth-order valence-corrected chi connectivity index (χ4v) is 5.01. The Labute approximate surface area is 148 Å². The van der Waals surface area contributed by atoms with Crippen LogP contribution in [0.15, 0.2) is 0 Å². The van der Waals surface area contributed by atoms with E-state index in [0.29, 0.717) is 25.9 Å². The van der Waals surface area contributed by atoms with Gasteiger partial charge in [-0.3, -0.25) is 19.3 Å². The summed E-state index contributed by atoms with van der Waals surface area (Å²) in [6.45, 7) is 0.516. The summed E-state index contributed by atoms with van der Waals surface area (Å²) in [5.74, 6) is -1.26. The maximum absolute atomic E-state index is 12.4. The normalized spacial score (nSPS) is 28.9. The van der Waals surface area contributed by atoms with E-state index in [2.05, 4.69) is 5.32 Å². The highest BCUT2D eigenvalue weighted by Gasteiger charge is 2.48. The third kappa shape index (κ3) is 3.87. The molecule has 0 aromatic rings. The molecule has 3 fully saturated rings. The van der Waals surface area contributed by atoms with Crippen LogP contribution in [0.5, 0.6) is 0 Å². The Bertz CT molecular complexity index is 645. The van der Waals surface area contributed by atoms with E-state index in [-0.39, 0.29) is 42.1 Å². The van der Waals surface area contributed by atoms with Gasteiger partial charge < -0.3 is 5.32 Å². The molecule has 0 radical (unpaired) electrons. The predicted octanol–water partition coefficient (Wildman–Crippen LogP) is -0.298. The first-order valence-electron chi connectivity index (χ1n) is 8.87. The first-order valence-corrected chi connectivity index (χ1v) is 10.7. The van der Waals surface area contributed by atoms with Gasteiger partial charge in [0.1, 0.15) is 6.54 Å². The fraction of sp³-hybridized carbons (Fsp3) is 0.812. The molecule has 0 unspecified atom stereocenters. The lowest BCUT2D eigenvalue weighted by Gasteiger charge is -2.30. The maximum Gasteiger partial charge on any atom is 0.240 e. The Kier molecular flexibility index (Phi) is 5.15. The van der Waals surface area contributed by atoms with Crippen molar-refractivity contribution in [1.82, 2.24) is 14.5 Å². The van der Waals surface area contributed by atoms with E-state index in [4.69, 9.17) is 0 Å². The highest BCUT2D eigenvalue weighted by molar-refractivity contribution is 7.88. The monoisotopic (exact) mass is 371 g/mol. The highest BCUT2D eigenvalue weighted by Crippen LogP contribution is 2.37. The minimum atomic E-state index is -3.20. The molecule has 2 saturated heterocycles. The van der Waals surface area contributed by atoms with Crippen molar-refractivity contribution in [2.24, 2.45) is 11.8 Å². The molecule has 1 N–H and O–H groups in total. The number of likely N-dealkylation sites (tertiary alicyclic amines) is 1. The van der Waals surface area contributed by atoms with E-state index in [9.17, 15) is 22.8 Å². The SMILES string of the molecule is CS(=O)(=O)N1CCC(NC(=O)CN2C(=O)[C@H]3CCCC[C@H]3C2=O)CC1. The number of hydrogen-bond acceptors (Lipinski definition) is 5. The Morgan fingerprint density at radius 2 is 1.56 bits per heavy atom. The van der Waals surface area contributed by atoms with Crippen LogP contribution in [0.2, 0.25) is 0 Å². The Morgan fingerprint density at radius 1 is 1.04 bits per heavy atom. The Hall–Kier alpha value is -1.48. The number of nitrogens with one attached hydrogen (secondary N) is 1. The van der Waals surface area contributed by atoms with Gasteiger partial charge in [-0.05, 0) is 25.7 Å². The second-order valence-corrected chi connectivity index (χ2v) is 9.25. The fourth-order valence-electron chi connectivity index (χ4n) is 4.14. The van der Waals surface area contributed by atoms with Crippen molar-refractivity contribution in [3.8, 4) is 0 Å².